The molecule has 0 saturated carbocycles. The Kier molecular flexibility index (Phi) is 6.44. The summed E-state index contributed by atoms with van der Waals surface area (Å²) in [6, 6.07) is 7.88. The number of rotatable bonds is 5. The average molecular weight is 475 g/mol. The largest absolute Gasteiger partial charge is 0.459 e. The van der Waals surface area contributed by atoms with Gasteiger partial charge in [0, 0.05) is 0 Å². The molecule has 1 atom stereocenters. The lowest BCUT2D eigenvalue weighted by molar-refractivity contribution is -0.151. The summed E-state index contributed by atoms with van der Waals surface area (Å²) in [4.78, 5) is 39.7. The number of ether oxygens (including phenoxy) is 1. The molecule has 3 rings (SSSR count). The Labute approximate surface area is 187 Å². The maximum absolute atomic E-state index is 13.0. The second kappa shape index (κ2) is 8.52. The van der Waals surface area contributed by atoms with E-state index in [9.17, 15) is 14.4 Å². The first kappa shape index (κ1) is 21.9. The standard InChI is InChI=1S/C20H15Cl4NO4/c1-9(2)17(20(28)29-8-10-6-4-3-5-7-10)25-18(26)11-12(19(25)27)14(22)16(24)15(23)13(11)21/h3-7,9,17H,8H2,1-2H3. The molecule has 0 radical (unpaired) electrons. The quantitative estimate of drug-likeness (QED) is 0.242. The molecular formula is C20H15Cl4NO4. The van der Waals surface area contributed by atoms with Crippen molar-refractivity contribution in [2.24, 2.45) is 5.92 Å². The second-order valence-electron chi connectivity index (χ2n) is 6.77. The fourth-order valence-electron chi connectivity index (χ4n) is 3.11. The van der Waals surface area contributed by atoms with E-state index in [1.54, 1.807) is 26.0 Å². The summed E-state index contributed by atoms with van der Waals surface area (Å²) >= 11 is 24.4. The SMILES string of the molecule is CC(C)C(C(=O)OCc1ccccc1)N1C(=O)c2c(Cl)c(Cl)c(Cl)c(Cl)c2C1=O. The third-order valence-electron chi connectivity index (χ3n) is 4.51. The Balaban J connectivity index is 1.95. The van der Waals surface area contributed by atoms with E-state index < -0.39 is 29.7 Å². The van der Waals surface area contributed by atoms with Crippen LogP contribution in [0.2, 0.25) is 20.1 Å². The molecule has 0 bridgehead atoms. The summed E-state index contributed by atoms with van der Waals surface area (Å²) in [5, 5.41) is -0.630. The Morgan fingerprint density at radius 3 is 1.83 bits per heavy atom. The van der Waals surface area contributed by atoms with Gasteiger partial charge in [-0.2, -0.15) is 0 Å². The summed E-state index contributed by atoms with van der Waals surface area (Å²) in [6.07, 6.45) is 0. The molecule has 0 N–H and O–H groups in total. The number of esters is 1. The van der Waals surface area contributed by atoms with Crippen LogP contribution in [0.1, 0.15) is 40.1 Å². The molecule has 0 aliphatic carbocycles. The number of benzene rings is 2. The highest BCUT2D eigenvalue weighted by Gasteiger charge is 2.48. The van der Waals surface area contributed by atoms with Gasteiger partial charge in [0.1, 0.15) is 12.6 Å². The van der Waals surface area contributed by atoms with Gasteiger partial charge < -0.3 is 4.74 Å². The molecule has 1 aliphatic rings. The van der Waals surface area contributed by atoms with E-state index >= 15 is 0 Å². The van der Waals surface area contributed by atoms with E-state index in [1.165, 1.54) is 0 Å². The van der Waals surface area contributed by atoms with Crippen molar-refractivity contribution < 1.29 is 19.1 Å². The molecule has 0 fully saturated rings. The van der Waals surface area contributed by atoms with Gasteiger partial charge in [0.25, 0.3) is 11.8 Å². The van der Waals surface area contributed by atoms with Crippen LogP contribution in [0.4, 0.5) is 0 Å². The van der Waals surface area contributed by atoms with Gasteiger partial charge in [-0.05, 0) is 11.5 Å². The van der Waals surface area contributed by atoms with Crippen molar-refractivity contribution in [1.29, 1.82) is 0 Å². The van der Waals surface area contributed by atoms with E-state index in [1.807, 2.05) is 18.2 Å². The summed E-state index contributed by atoms with van der Waals surface area (Å²) in [5.41, 5.74) is 0.436. The van der Waals surface area contributed by atoms with Gasteiger partial charge in [-0.1, -0.05) is 90.6 Å². The third kappa shape index (κ3) is 3.84. The van der Waals surface area contributed by atoms with Crippen molar-refractivity contribution in [3.63, 3.8) is 0 Å². The molecule has 2 amide bonds. The van der Waals surface area contributed by atoms with Crippen molar-refractivity contribution in [3.05, 3.63) is 67.1 Å². The van der Waals surface area contributed by atoms with Crippen LogP contribution in [-0.4, -0.2) is 28.7 Å². The Morgan fingerprint density at radius 1 is 0.897 bits per heavy atom. The second-order valence-corrected chi connectivity index (χ2v) is 8.28. The lowest BCUT2D eigenvalue weighted by Crippen LogP contribution is -2.48. The van der Waals surface area contributed by atoms with Crippen molar-refractivity contribution in [3.8, 4) is 0 Å². The van der Waals surface area contributed by atoms with Gasteiger partial charge >= 0.3 is 5.97 Å². The molecule has 9 heteroatoms. The van der Waals surface area contributed by atoms with Crippen LogP contribution in [0.3, 0.4) is 0 Å². The van der Waals surface area contributed by atoms with E-state index in [2.05, 4.69) is 0 Å². The molecule has 1 aliphatic heterocycles. The van der Waals surface area contributed by atoms with Crippen LogP contribution in [0.25, 0.3) is 0 Å². The number of carbonyl (C=O) groups excluding carboxylic acids is 3. The zero-order chi connectivity index (χ0) is 21.5. The molecule has 1 heterocycles. The number of fused-ring (bicyclic) bond motifs is 1. The first-order valence-corrected chi connectivity index (χ1v) is 10.1. The molecule has 152 valence electrons. The van der Waals surface area contributed by atoms with Crippen LogP contribution >= 0.6 is 46.4 Å². The smallest absolute Gasteiger partial charge is 0.329 e. The predicted molar refractivity (Wildman–Crippen MR) is 112 cm³/mol. The molecule has 5 nitrogen and oxygen atoms in total. The molecule has 29 heavy (non-hydrogen) atoms. The van der Waals surface area contributed by atoms with E-state index in [0.717, 1.165) is 10.5 Å². The summed E-state index contributed by atoms with van der Waals surface area (Å²) < 4.78 is 5.36. The highest BCUT2D eigenvalue weighted by atomic mass is 35.5. The van der Waals surface area contributed by atoms with E-state index in [4.69, 9.17) is 51.1 Å². The maximum Gasteiger partial charge on any atom is 0.329 e. The topological polar surface area (TPSA) is 63.7 Å². The van der Waals surface area contributed by atoms with Crippen LogP contribution in [0.15, 0.2) is 30.3 Å². The summed E-state index contributed by atoms with van der Waals surface area (Å²) in [7, 11) is 0. The van der Waals surface area contributed by atoms with E-state index in [-0.39, 0.29) is 37.8 Å². The number of nitrogens with zero attached hydrogens (tertiary/aromatic N) is 1. The number of imide groups is 1. The Hall–Kier alpha value is -1.79. The van der Waals surface area contributed by atoms with Crippen molar-refractivity contribution in [2.75, 3.05) is 0 Å². The highest BCUT2D eigenvalue weighted by Crippen LogP contribution is 2.45. The number of amides is 2. The van der Waals surface area contributed by atoms with Gasteiger partial charge in [-0.25, -0.2) is 4.79 Å². The Bertz CT molecular complexity index is 961. The zero-order valence-electron chi connectivity index (χ0n) is 15.3. The number of hydrogen-bond donors (Lipinski definition) is 0. The van der Waals surface area contributed by atoms with Gasteiger partial charge in [-0.15, -0.1) is 0 Å². The average Bonchev–Trinajstić information content (AvgIpc) is 2.95. The van der Waals surface area contributed by atoms with Gasteiger partial charge in [0.05, 0.1) is 31.2 Å². The fraction of sp³-hybridized carbons (Fsp3) is 0.250. The predicted octanol–water partition coefficient (Wildman–Crippen LogP) is 5.66. The third-order valence-corrected chi connectivity index (χ3v) is 6.31. The van der Waals surface area contributed by atoms with Gasteiger partial charge in [0.15, 0.2) is 0 Å². The molecule has 2 aromatic rings. The molecular weight excluding hydrogens is 460 g/mol. The summed E-state index contributed by atoms with van der Waals surface area (Å²) in [6.45, 7) is 3.40. The first-order chi connectivity index (χ1) is 13.7. The maximum atomic E-state index is 13.0. The molecule has 2 aromatic carbocycles. The van der Waals surface area contributed by atoms with Crippen molar-refractivity contribution in [2.45, 2.75) is 26.5 Å². The Morgan fingerprint density at radius 2 is 1.38 bits per heavy atom. The lowest BCUT2D eigenvalue weighted by atomic mass is 10.0. The number of hydrogen-bond acceptors (Lipinski definition) is 4. The lowest BCUT2D eigenvalue weighted by Gasteiger charge is -2.27. The van der Waals surface area contributed by atoms with Gasteiger partial charge in [-0.3, -0.25) is 14.5 Å². The minimum Gasteiger partial charge on any atom is -0.459 e. The molecule has 0 aromatic heterocycles. The van der Waals surface area contributed by atoms with Crippen molar-refractivity contribution in [1.82, 2.24) is 4.90 Å². The van der Waals surface area contributed by atoms with Crippen molar-refractivity contribution >= 4 is 64.2 Å². The monoisotopic (exact) mass is 473 g/mol. The summed E-state index contributed by atoms with van der Waals surface area (Å²) in [5.74, 6) is -2.69. The van der Waals surface area contributed by atoms with Crippen LogP contribution in [0, 0.1) is 5.92 Å². The zero-order valence-corrected chi connectivity index (χ0v) is 18.4. The number of halogens is 4. The minimum atomic E-state index is -1.17. The van der Waals surface area contributed by atoms with Crippen LogP contribution in [0.5, 0.6) is 0 Å². The molecule has 1 unspecified atom stereocenters. The molecule has 0 spiro atoms. The fourth-order valence-corrected chi connectivity index (χ4v) is 4.12. The number of carbonyl (C=O) groups is 3. The molecule has 0 saturated heterocycles. The highest BCUT2D eigenvalue weighted by molar-refractivity contribution is 6.55. The minimum absolute atomic E-state index is 0.00519. The van der Waals surface area contributed by atoms with E-state index in [0.29, 0.717) is 0 Å². The normalized spacial score (nSPS) is 14.4. The first-order valence-electron chi connectivity index (χ1n) is 8.61. The van der Waals surface area contributed by atoms with Gasteiger partial charge in [0.2, 0.25) is 0 Å². The van der Waals surface area contributed by atoms with Crippen LogP contribution < -0.4 is 0 Å². The van der Waals surface area contributed by atoms with Crippen LogP contribution in [-0.2, 0) is 16.1 Å².